The predicted octanol–water partition coefficient (Wildman–Crippen LogP) is 5.23. The molecule has 1 amide bonds. The third kappa shape index (κ3) is 4.82. The van der Waals surface area contributed by atoms with E-state index in [0.29, 0.717) is 23.9 Å². The summed E-state index contributed by atoms with van der Waals surface area (Å²) >= 11 is 0.557. The van der Waals surface area contributed by atoms with Crippen molar-refractivity contribution in [2.45, 2.75) is 25.3 Å². The summed E-state index contributed by atoms with van der Waals surface area (Å²) < 4.78 is 107. The Morgan fingerprint density at radius 1 is 0.862 bits per heavy atom. The summed E-state index contributed by atoms with van der Waals surface area (Å²) in [6.07, 6.45) is 0. The normalized spacial score (nSPS) is 11.7. The molecule has 158 valence electrons. The van der Waals surface area contributed by atoms with Crippen LogP contribution in [0.5, 0.6) is 0 Å². The summed E-state index contributed by atoms with van der Waals surface area (Å²) in [6.45, 7) is 1.65. The van der Waals surface area contributed by atoms with E-state index in [2.05, 4.69) is 0 Å². The van der Waals surface area contributed by atoms with Crippen molar-refractivity contribution < 1.29 is 39.9 Å². The van der Waals surface area contributed by atoms with Gasteiger partial charge in [-0.1, -0.05) is 13.8 Å². The molecule has 0 radical (unpaired) electrons. The van der Waals surface area contributed by atoms with Crippen molar-refractivity contribution in [3.8, 4) is 0 Å². The minimum absolute atomic E-state index is 0.241. The van der Waals surface area contributed by atoms with Gasteiger partial charge in [0.25, 0.3) is 0 Å². The first-order valence-electron chi connectivity index (χ1n) is 7.92. The number of benzene rings is 2. The number of thioether (sulfide) groups is 1. The number of amides is 1. The first kappa shape index (κ1) is 23.0. The Bertz CT molecular complexity index is 911. The van der Waals surface area contributed by atoms with Crippen LogP contribution >= 0.6 is 11.8 Å². The summed E-state index contributed by atoms with van der Waals surface area (Å²) in [6, 6.07) is 0.920. The van der Waals surface area contributed by atoms with E-state index in [1.54, 1.807) is 0 Å². The molecule has 0 saturated heterocycles. The summed E-state index contributed by atoms with van der Waals surface area (Å²) in [7, 11) is 0. The Kier molecular flexibility index (Phi) is 6.82. The van der Waals surface area contributed by atoms with Crippen LogP contribution in [-0.2, 0) is 11.3 Å². The van der Waals surface area contributed by atoms with Gasteiger partial charge >= 0.3 is 0 Å². The SMILES string of the molecule is CC(C)(CSc1c(F)cc(F)cc1F)C(=O)NCc1c(F)c(F)c(F)c(F)c1F. The van der Waals surface area contributed by atoms with Crippen molar-refractivity contribution in [2.75, 3.05) is 5.75 Å². The van der Waals surface area contributed by atoms with Crippen LogP contribution in [0.1, 0.15) is 19.4 Å². The van der Waals surface area contributed by atoms with Crippen molar-refractivity contribution in [3.63, 3.8) is 0 Å². The topological polar surface area (TPSA) is 29.1 Å². The number of hydrogen-bond donors (Lipinski definition) is 1. The maximum atomic E-state index is 13.7. The van der Waals surface area contributed by atoms with Crippen molar-refractivity contribution >= 4 is 17.7 Å². The summed E-state index contributed by atoms with van der Waals surface area (Å²) in [4.78, 5) is 11.7. The van der Waals surface area contributed by atoms with Crippen LogP contribution in [0.2, 0.25) is 0 Å². The minimum atomic E-state index is -2.32. The van der Waals surface area contributed by atoms with Gasteiger partial charge in [0.2, 0.25) is 11.7 Å². The molecule has 0 bridgehead atoms. The van der Waals surface area contributed by atoms with E-state index >= 15 is 0 Å². The lowest BCUT2D eigenvalue weighted by atomic mass is 9.95. The average molecular weight is 443 g/mol. The smallest absolute Gasteiger partial charge is 0.226 e. The molecule has 11 heteroatoms. The third-order valence-electron chi connectivity index (χ3n) is 3.88. The highest BCUT2D eigenvalue weighted by molar-refractivity contribution is 7.99. The monoisotopic (exact) mass is 443 g/mol. The zero-order valence-corrected chi connectivity index (χ0v) is 15.7. The van der Waals surface area contributed by atoms with Gasteiger partial charge in [-0.2, -0.15) is 0 Å². The largest absolute Gasteiger partial charge is 0.351 e. The molecule has 0 spiro atoms. The minimum Gasteiger partial charge on any atom is -0.351 e. The van der Waals surface area contributed by atoms with E-state index in [9.17, 15) is 39.9 Å². The summed E-state index contributed by atoms with van der Waals surface area (Å²) in [5.41, 5.74) is -2.60. The van der Waals surface area contributed by atoms with E-state index in [0.717, 1.165) is 0 Å². The summed E-state index contributed by atoms with van der Waals surface area (Å²) in [5.74, 6) is -15.4. The molecule has 0 saturated carbocycles. The van der Waals surface area contributed by atoms with Gasteiger partial charge in [0.05, 0.1) is 10.3 Å². The fourth-order valence-corrected chi connectivity index (χ4v) is 3.23. The Hall–Kier alpha value is -2.30. The molecular weight excluding hydrogens is 430 g/mol. The lowest BCUT2D eigenvalue weighted by Crippen LogP contribution is -2.38. The van der Waals surface area contributed by atoms with Gasteiger partial charge in [-0.05, 0) is 0 Å². The number of carbonyl (C=O) groups is 1. The lowest BCUT2D eigenvalue weighted by molar-refractivity contribution is -0.128. The molecular formula is C18H13F8NOS. The van der Waals surface area contributed by atoms with E-state index < -0.39 is 74.9 Å². The highest BCUT2D eigenvalue weighted by atomic mass is 32.2. The van der Waals surface area contributed by atoms with E-state index in [4.69, 9.17) is 0 Å². The van der Waals surface area contributed by atoms with Gasteiger partial charge in [0, 0.05) is 30.0 Å². The fraction of sp³-hybridized carbons (Fsp3) is 0.278. The maximum absolute atomic E-state index is 13.7. The van der Waals surface area contributed by atoms with Crippen molar-refractivity contribution in [2.24, 2.45) is 5.41 Å². The van der Waals surface area contributed by atoms with E-state index in [1.807, 2.05) is 5.32 Å². The van der Waals surface area contributed by atoms with Crippen molar-refractivity contribution in [1.82, 2.24) is 5.32 Å². The molecule has 0 heterocycles. The zero-order valence-electron chi connectivity index (χ0n) is 14.9. The Morgan fingerprint density at radius 2 is 1.31 bits per heavy atom. The second-order valence-corrected chi connectivity index (χ2v) is 7.59. The standard InChI is InChI=1S/C18H13F8NOS/c1-18(2,6-29-16-9(20)3-7(19)4-10(16)21)17(28)27-5-8-11(22)13(24)15(26)14(25)12(8)23/h3-4H,5-6H2,1-2H3,(H,27,28). The van der Waals surface area contributed by atoms with E-state index in [-0.39, 0.29) is 5.75 Å². The number of hydrogen-bond acceptors (Lipinski definition) is 2. The Balaban J connectivity index is 2.11. The molecule has 2 nitrogen and oxygen atoms in total. The molecule has 0 aliphatic heterocycles. The second-order valence-electron chi connectivity index (χ2n) is 6.60. The van der Waals surface area contributed by atoms with Crippen LogP contribution in [0.25, 0.3) is 0 Å². The molecule has 0 unspecified atom stereocenters. The third-order valence-corrected chi connectivity index (χ3v) is 5.43. The van der Waals surface area contributed by atoms with Gasteiger partial charge in [-0.3, -0.25) is 4.79 Å². The Morgan fingerprint density at radius 3 is 1.79 bits per heavy atom. The number of carbonyl (C=O) groups excluding carboxylic acids is 1. The molecule has 1 N–H and O–H groups in total. The highest BCUT2D eigenvalue weighted by Gasteiger charge is 2.31. The first-order valence-corrected chi connectivity index (χ1v) is 8.91. The lowest BCUT2D eigenvalue weighted by Gasteiger charge is -2.23. The summed E-state index contributed by atoms with van der Waals surface area (Å²) in [5, 5.41) is 2.03. The van der Waals surface area contributed by atoms with Gasteiger partial charge < -0.3 is 5.32 Å². The van der Waals surface area contributed by atoms with E-state index in [1.165, 1.54) is 13.8 Å². The maximum Gasteiger partial charge on any atom is 0.226 e. The number of nitrogens with one attached hydrogen (secondary N) is 1. The molecule has 2 aromatic rings. The van der Waals surface area contributed by atoms with Crippen LogP contribution in [-0.4, -0.2) is 11.7 Å². The van der Waals surface area contributed by atoms with Crippen LogP contribution in [0, 0.1) is 52.0 Å². The van der Waals surface area contributed by atoms with Gasteiger partial charge in [-0.25, -0.2) is 35.1 Å². The zero-order chi connectivity index (χ0) is 22.1. The molecule has 2 aromatic carbocycles. The predicted molar refractivity (Wildman–Crippen MR) is 88.9 cm³/mol. The molecule has 29 heavy (non-hydrogen) atoms. The van der Waals surface area contributed by atoms with Crippen LogP contribution in [0.15, 0.2) is 17.0 Å². The van der Waals surface area contributed by atoms with Crippen LogP contribution < -0.4 is 5.32 Å². The van der Waals surface area contributed by atoms with Gasteiger partial charge in [0.1, 0.15) is 17.5 Å². The Labute approximate surface area is 164 Å². The quantitative estimate of drug-likeness (QED) is 0.287. The van der Waals surface area contributed by atoms with Gasteiger partial charge in [-0.15, -0.1) is 11.8 Å². The average Bonchev–Trinajstić information content (AvgIpc) is 2.63. The number of halogens is 8. The van der Waals surface area contributed by atoms with Crippen molar-refractivity contribution in [3.05, 3.63) is 64.2 Å². The van der Waals surface area contributed by atoms with Crippen LogP contribution in [0.3, 0.4) is 0 Å². The first-order chi connectivity index (χ1) is 13.4. The second kappa shape index (κ2) is 8.60. The molecule has 0 atom stereocenters. The molecule has 0 aliphatic carbocycles. The molecule has 0 aliphatic rings. The fourth-order valence-electron chi connectivity index (χ4n) is 2.20. The van der Waals surface area contributed by atoms with Crippen LogP contribution in [0.4, 0.5) is 35.1 Å². The highest BCUT2D eigenvalue weighted by Crippen LogP contribution is 2.32. The van der Waals surface area contributed by atoms with Gasteiger partial charge in [0.15, 0.2) is 23.3 Å². The molecule has 2 rings (SSSR count). The number of rotatable bonds is 6. The molecule has 0 aromatic heterocycles. The molecule has 0 fully saturated rings. The van der Waals surface area contributed by atoms with Crippen molar-refractivity contribution in [1.29, 1.82) is 0 Å².